The van der Waals surface area contributed by atoms with E-state index >= 15 is 0 Å². The third-order valence-corrected chi connectivity index (χ3v) is 3.80. The molecular formula is C14H12BrFN2O. The summed E-state index contributed by atoms with van der Waals surface area (Å²) >= 11 is 3.15. The van der Waals surface area contributed by atoms with Gasteiger partial charge in [-0.3, -0.25) is 0 Å². The van der Waals surface area contributed by atoms with Crippen molar-refractivity contribution in [3.8, 4) is 11.6 Å². The molecule has 2 aromatic rings. The predicted octanol–water partition coefficient (Wildman–Crippen LogP) is 4.05. The van der Waals surface area contributed by atoms with Crippen molar-refractivity contribution in [2.45, 2.75) is 25.7 Å². The van der Waals surface area contributed by atoms with Gasteiger partial charge >= 0.3 is 0 Å². The molecule has 3 nitrogen and oxygen atoms in total. The molecule has 0 amide bonds. The number of fused-ring (bicyclic) bond motifs is 1. The van der Waals surface area contributed by atoms with Gasteiger partial charge in [0.25, 0.3) is 0 Å². The highest BCUT2D eigenvalue weighted by atomic mass is 79.9. The van der Waals surface area contributed by atoms with Crippen LogP contribution in [-0.4, -0.2) is 9.97 Å². The molecule has 1 aromatic heterocycles. The van der Waals surface area contributed by atoms with E-state index in [1.54, 1.807) is 12.1 Å². The minimum absolute atomic E-state index is 0.308. The van der Waals surface area contributed by atoms with Crippen LogP contribution >= 0.6 is 15.9 Å². The fourth-order valence-electron chi connectivity index (χ4n) is 2.23. The lowest BCUT2D eigenvalue weighted by atomic mass is 9.97. The van der Waals surface area contributed by atoms with Crippen molar-refractivity contribution in [1.29, 1.82) is 0 Å². The van der Waals surface area contributed by atoms with E-state index in [4.69, 9.17) is 4.74 Å². The average Bonchev–Trinajstić information content (AvgIpc) is 2.43. The summed E-state index contributed by atoms with van der Waals surface area (Å²) in [7, 11) is 0. The van der Waals surface area contributed by atoms with Crippen LogP contribution in [-0.2, 0) is 12.8 Å². The van der Waals surface area contributed by atoms with Crippen LogP contribution in [0.1, 0.15) is 24.1 Å². The SMILES string of the molecule is Fc1ccc(Oc2ncnc3c2CCCC3)cc1Br. The minimum Gasteiger partial charge on any atom is -0.439 e. The van der Waals surface area contributed by atoms with Gasteiger partial charge in [-0.15, -0.1) is 0 Å². The molecule has 0 radical (unpaired) electrons. The highest BCUT2D eigenvalue weighted by molar-refractivity contribution is 9.10. The van der Waals surface area contributed by atoms with Gasteiger partial charge < -0.3 is 4.74 Å². The zero-order valence-corrected chi connectivity index (χ0v) is 11.8. The van der Waals surface area contributed by atoms with E-state index in [-0.39, 0.29) is 5.82 Å². The monoisotopic (exact) mass is 322 g/mol. The van der Waals surface area contributed by atoms with Gasteiger partial charge in [-0.1, -0.05) is 0 Å². The van der Waals surface area contributed by atoms with Gasteiger partial charge in [0, 0.05) is 5.56 Å². The molecule has 19 heavy (non-hydrogen) atoms. The van der Waals surface area contributed by atoms with Gasteiger partial charge in [-0.2, -0.15) is 0 Å². The summed E-state index contributed by atoms with van der Waals surface area (Å²) in [6.07, 6.45) is 5.72. The molecule has 0 saturated carbocycles. The number of rotatable bonds is 2. The van der Waals surface area contributed by atoms with E-state index in [0.717, 1.165) is 36.9 Å². The first-order valence-corrected chi connectivity index (χ1v) is 6.99. The number of aromatic nitrogens is 2. The van der Waals surface area contributed by atoms with Crippen molar-refractivity contribution in [3.05, 3.63) is 46.1 Å². The summed E-state index contributed by atoms with van der Waals surface area (Å²) in [5.41, 5.74) is 2.15. The number of halogens is 2. The van der Waals surface area contributed by atoms with Crippen molar-refractivity contribution >= 4 is 15.9 Å². The van der Waals surface area contributed by atoms with Crippen molar-refractivity contribution in [3.63, 3.8) is 0 Å². The lowest BCUT2D eigenvalue weighted by molar-refractivity contribution is 0.445. The second-order valence-corrected chi connectivity index (χ2v) is 5.34. The molecule has 1 aliphatic rings. The first kappa shape index (κ1) is 12.5. The molecule has 0 saturated heterocycles. The van der Waals surface area contributed by atoms with Crippen molar-refractivity contribution < 1.29 is 9.13 Å². The molecule has 1 aliphatic carbocycles. The van der Waals surface area contributed by atoms with E-state index in [1.807, 2.05) is 0 Å². The maximum atomic E-state index is 13.2. The predicted molar refractivity (Wildman–Crippen MR) is 72.8 cm³/mol. The number of hydrogen-bond acceptors (Lipinski definition) is 3. The summed E-state index contributed by atoms with van der Waals surface area (Å²) in [6, 6.07) is 4.57. The minimum atomic E-state index is -0.308. The fraction of sp³-hybridized carbons (Fsp3) is 0.286. The summed E-state index contributed by atoms with van der Waals surface area (Å²) in [5.74, 6) is 0.847. The quantitative estimate of drug-likeness (QED) is 0.836. The van der Waals surface area contributed by atoms with Crippen LogP contribution in [0.15, 0.2) is 29.0 Å². The third kappa shape index (κ3) is 2.61. The Morgan fingerprint density at radius 1 is 1.16 bits per heavy atom. The summed E-state index contributed by atoms with van der Waals surface area (Å²) in [5, 5.41) is 0. The second kappa shape index (κ2) is 5.25. The topological polar surface area (TPSA) is 35.0 Å². The van der Waals surface area contributed by atoms with E-state index in [0.29, 0.717) is 16.1 Å². The Hall–Kier alpha value is -1.49. The molecule has 0 atom stereocenters. The molecule has 0 unspecified atom stereocenters. The fourth-order valence-corrected chi connectivity index (χ4v) is 2.59. The Balaban J connectivity index is 1.92. The van der Waals surface area contributed by atoms with Gasteiger partial charge in [-0.25, -0.2) is 14.4 Å². The summed E-state index contributed by atoms with van der Waals surface area (Å²) in [4.78, 5) is 8.49. The number of nitrogens with zero attached hydrogens (tertiary/aromatic N) is 2. The average molecular weight is 323 g/mol. The van der Waals surface area contributed by atoms with E-state index in [2.05, 4.69) is 25.9 Å². The van der Waals surface area contributed by atoms with Crippen LogP contribution in [0.4, 0.5) is 4.39 Å². The van der Waals surface area contributed by atoms with E-state index in [1.165, 1.54) is 12.4 Å². The Labute approximate surface area is 119 Å². The van der Waals surface area contributed by atoms with Crippen LogP contribution in [0.2, 0.25) is 0 Å². The maximum absolute atomic E-state index is 13.2. The standard InChI is InChI=1S/C14H12BrFN2O/c15-11-7-9(5-6-12(11)16)19-14-10-3-1-2-4-13(10)17-8-18-14/h5-8H,1-4H2. The van der Waals surface area contributed by atoms with Crippen molar-refractivity contribution in [2.75, 3.05) is 0 Å². The molecule has 0 bridgehead atoms. The zero-order chi connectivity index (χ0) is 13.2. The Bertz CT molecular complexity index is 618. The van der Waals surface area contributed by atoms with Crippen LogP contribution in [0.5, 0.6) is 11.6 Å². The van der Waals surface area contributed by atoms with Gasteiger partial charge in [0.2, 0.25) is 5.88 Å². The molecule has 0 fully saturated rings. The Morgan fingerprint density at radius 3 is 2.84 bits per heavy atom. The summed E-state index contributed by atoms with van der Waals surface area (Å²) in [6.45, 7) is 0. The van der Waals surface area contributed by atoms with Gasteiger partial charge in [0.15, 0.2) is 0 Å². The maximum Gasteiger partial charge on any atom is 0.225 e. The lowest BCUT2D eigenvalue weighted by Crippen LogP contribution is -2.08. The van der Waals surface area contributed by atoms with Crippen molar-refractivity contribution in [2.24, 2.45) is 0 Å². The number of aryl methyl sites for hydroxylation is 1. The van der Waals surface area contributed by atoms with Crippen LogP contribution in [0, 0.1) is 5.82 Å². The molecule has 0 spiro atoms. The first-order valence-electron chi connectivity index (χ1n) is 6.19. The lowest BCUT2D eigenvalue weighted by Gasteiger charge is -2.17. The van der Waals surface area contributed by atoms with E-state index in [9.17, 15) is 4.39 Å². The highest BCUT2D eigenvalue weighted by Crippen LogP contribution is 2.31. The molecule has 1 aromatic carbocycles. The number of hydrogen-bond donors (Lipinski definition) is 0. The Morgan fingerprint density at radius 2 is 2.00 bits per heavy atom. The largest absolute Gasteiger partial charge is 0.439 e. The zero-order valence-electron chi connectivity index (χ0n) is 10.2. The molecule has 0 N–H and O–H groups in total. The smallest absolute Gasteiger partial charge is 0.225 e. The first-order chi connectivity index (χ1) is 9.24. The number of ether oxygens (including phenoxy) is 1. The third-order valence-electron chi connectivity index (χ3n) is 3.19. The second-order valence-electron chi connectivity index (χ2n) is 4.49. The molecule has 98 valence electrons. The van der Waals surface area contributed by atoms with Crippen LogP contribution in [0.3, 0.4) is 0 Å². The Kier molecular flexibility index (Phi) is 3.46. The van der Waals surface area contributed by atoms with Crippen molar-refractivity contribution in [1.82, 2.24) is 9.97 Å². The van der Waals surface area contributed by atoms with Gasteiger partial charge in [0.05, 0.1) is 10.2 Å². The highest BCUT2D eigenvalue weighted by Gasteiger charge is 2.17. The molecule has 0 aliphatic heterocycles. The van der Waals surface area contributed by atoms with Crippen LogP contribution in [0.25, 0.3) is 0 Å². The molecular weight excluding hydrogens is 311 g/mol. The normalized spacial score (nSPS) is 14.0. The molecule has 1 heterocycles. The van der Waals surface area contributed by atoms with Gasteiger partial charge in [0.1, 0.15) is 17.9 Å². The van der Waals surface area contributed by atoms with Crippen LogP contribution < -0.4 is 4.74 Å². The molecule has 5 heteroatoms. The van der Waals surface area contributed by atoms with Gasteiger partial charge in [-0.05, 0) is 59.8 Å². The van der Waals surface area contributed by atoms with E-state index < -0.39 is 0 Å². The molecule has 3 rings (SSSR count). The summed E-state index contributed by atoms with van der Waals surface area (Å²) < 4.78 is 19.3. The number of benzene rings is 1.